The van der Waals surface area contributed by atoms with Gasteiger partial charge < -0.3 is 20.1 Å². The lowest BCUT2D eigenvalue weighted by molar-refractivity contribution is -0.130. The minimum Gasteiger partial charge on any atom is -0.504 e. The number of nitrogens with one attached hydrogen (secondary N) is 1. The molecule has 0 bridgehead atoms. The Bertz CT molecular complexity index is 768. The normalized spacial score (nSPS) is 13.3. The van der Waals surface area contributed by atoms with Gasteiger partial charge in [0.1, 0.15) is 6.61 Å². The number of amides is 1. The smallest absolute Gasteiger partial charge is 0.236 e. The Morgan fingerprint density at radius 2 is 2.12 bits per heavy atom. The molecule has 0 saturated heterocycles. The van der Waals surface area contributed by atoms with Crippen LogP contribution in [0.4, 0.5) is 0 Å². The third-order valence-corrected chi connectivity index (χ3v) is 4.19. The van der Waals surface area contributed by atoms with Crippen molar-refractivity contribution in [3.63, 3.8) is 0 Å². The molecule has 0 aromatic heterocycles. The van der Waals surface area contributed by atoms with Crippen LogP contribution in [-0.2, 0) is 11.3 Å². The second-order valence-corrected chi connectivity index (χ2v) is 6.12. The molecule has 0 aliphatic carbocycles. The number of carbonyl (C=O) groups excluding carboxylic acids is 1. The van der Waals surface area contributed by atoms with Crippen LogP contribution < -0.4 is 10.1 Å². The molecule has 25 heavy (non-hydrogen) atoms. The van der Waals surface area contributed by atoms with Gasteiger partial charge in [-0.2, -0.15) is 0 Å². The van der Waals surface area contributed by atoms with Gasteiger partial charge >= 0.3 is 0 Å². The van der Waals surface area contributed by atoms with Crippen LogP contribution in [0.3, 0.4) is 0 Å². The summed E-state index contributed by atoms with van der Waals surface area (Å²) in [6, 6.07) is 11.0. The Morgan fingerprint density at radius 1 is 1.32 bits per heavy atom. The van der Waals surface area contributed by atoms with Crippen LogP contribution in [0.15, 0.2) is 36.4 Å². The maximum absolute atomic E-state index is 12.2. The molecule has 7 heteroatoms. The number of hydrogen-bond donors (Lipinski definition) is 2. The van der Waals surface area contributed by atoms with Crippen LogP contribution in [0.1, 0.15) is 5.56 Å². The molecule has 0 saturated carbocycles. The highest BCUT2D eigenvalue weighted by Crippen LogP contribution is 2.38. The third kappa shape index (κ3) is 4.37. The molecule has 0 fully saturated rings. The summed E-state index contributed by atoms with van der Waals surface area (Å²) in [6.07, 6.45) is 0. The molecule has 134 valence electrons. The van der Waals surface area contributed by atoms with Crippen molar-refractivity contribution in [2.24, 2.45) is 0 Å². The molecule has 1 amide bonds. The van der Waals surface area contributed by atoms with Gasteiger partial charge in [0, 0.05) is 17.1 Å². The number of phenolic OH excluding ortho intramolecular Hbond substituents is 1. The number of carbonyl (C=O) groups is 1. The first-order valence-corrected chi connectivity index (χ1v) is 8.13. The van der Waals surface area contributed by atoms with E-state index in [0.29, 0.717) is 30.5 Å². The summed E-state index contributed by atoms with van der Waals surface area (Å²) < 4.78 is 5.66. The number of aromatic hydroxyl groups is 1. The lowest BCUT2D eigenvalue weighted by Gasteiger charge is -2.20. The van der Waals surface area contributed by atoms with Crippen molar-refractivity contribution in [3.8, 4) is 22.6 Å². The van der Waals surface area contributed by atoms with E-state index in [1.54, 1.807) is 24.1 Å². The van der Waals surface area contributed by atoms with E-state index in [-0.39, 0.29) is 30.6 Å². The second kappa shape index (κ2) is 8.43. The molecular formula is C18H20Cl2N2O3. The number of nitrogens with zero attached hydrogens (tertiary/aromatic N) is 1. The minimum atomic E-state index is 0. The van der Waals surface area contributed by atoms with Crippen molar-refractivity contribution in [2.75, 3.05) is 26.7 Å². The van der Waals surface area contributed by atoms with Crippen LogP contribution >= 0.6 is 24.0 Å². The van der Waals surface area contributed by atoms with E-state index < -0.39 is 0 Å². The first-order chi connectivity index (χ1) is 11.6. The third-order valence-electron chi connectivity index (χ3n) is 3.95. The highest BCUT2D eigenvalue weighted by atomic mass is 35.5. The zero-order valence-corrected chi connectivity index (χ0v) is 15.4. The quantitative estimate of drug-likeness (QED) is 0.855. The Hall–Kier alpha value is -1.95. The fraction of sp³-hybridized carbons (Fsp3) is 0.278. The first kappa shape index (κ1) is 19.4. The van der Waals surface area contributed by atoms with Gasteiger partial charge in [-0.15, -0.1) is 12.4 Å². The molecule has 0 unspecified atom stereocenters. The Kier molecular flexibility index (Phi) is 6.53. The maximum Gasteiger partial charge on any atom is 0.236 e. The summed E-state index contributed by atoms with van der Waals surface area (Å²) >= 11 is 6.06. The van der Waals surface area contributed by atoms with Crippen LogP contribution in [0, 0.1) is 0 Å². The van der Waals surface area contributed by atoms with Crippen molar-refractivity contribution in [1.29, 1.82) is 0 Å². The minimum absolute atomic E-state index is 0. The van der Waals surface area contributed by atoms with E-state index in [2.05, 4.69) is 5.32 Å². The van der Waals surface area contributed by atoms with Gasteiger partial charge in [0.25, 0.3) is 0 Å². The van der Waals surface area contributed by atoms with Crippen molar-refractivity contribution in [2.45, 2.75) is 6.54 Å². The summed E-state index contributed by atoms with van der Waals surface area (Å²) in [5.74, 6) is 0.521. The molecule has 0 atom stereocenters. The van der Waals surface area contributed by atoms with Gasteiger partial charge in [-0.25, -0.2) is 0 Å². The monoisotopic (exact) mass is 382 g/mol. The van der Waals surface area contributed by atoms with Gasteiger partial charge in [-0.1, -0.05) is 23.7 Å². The average Bonchev–Trinajstić information content (AvgIpc) is 2.78. The molecule has 0 radical (unpaired) electrons. The number of phenols is 1. The molecule has 0 spiro atoms. The van der Waals surface area contributed by atoms with Crippen LogP contribution in [0.25, 0.3) is 11.1 Å². The summed E-state index contributed by atoms with van der Waals surface area (Å²) in [6.45, 7) is 1.51. The summed E-state index contributed by atoms with van der Waals surface area (Å²) in [4.78, 5) is 13.9. The van der Waals surface area contributed by atoms with Crippen molar-refractivity contribution in [1.82, 2.24) is 10.2 Å². The number of halogens is 2. The highest BCUT2D eigenvalue weighted by Gasteiger charge is 2.22. The first-order valence-electron chi connectivity index (χ1n) is 7.75. The standard InChI is InChI=1S/C18H19ClN2O3.ClH/c1-20-10-17(23)21-5-6-24-18-14(11-21)7-13(9-16(18)22)12-3-2-4-15(19)8-12;/h2-4,7-9,20,22H,5-6,10-11H2,1H3;1H. The summed E-state index contributed by atoms with van der Waals surface area (Å²) in [5.41, 5.74) is 2.52. The number of rotatable bonds is 3. The number of likely N-dealkylation sites (N-methyl/N-ethyl adjacent to an activating group) is 1. The van der Waals surface area contributed by atoms with Gasteiger partial charge in [0.05, 0.1) is 13.1 Å². The Labute approximate surface area is 158 Å². The largest absolute Gasteiger partial charge is 0.504 e. The van der Waals surface area contributed by atoms with E-state index in [9.17, 15) is 9.90 Å². The topological polar surface area (TPSA) is 61.8 Å². The van der Waals surface area contributed by atoms with Gasteiger partial charge in [-0.05, 0) is 42.4 Å². The molecule has 2 aromatic carbocycles. The molecule has 2 N–H and O–H groups in total. The number of ether oxygens (including phenoxy) is 1. The second-order valence-electron chi connectivity index (χ2n) is 5.69. The van der Waals surface area contributed by atoms with E-state index >= 15 is 0 Å². The van der Waals surface area contributed by atoms with Crippen molar-refractivity contribution >= 4 is 29.9 Å². The predicted octanol–water partition coefficient (Wildman–Crippen LogP) is 3.07. The molecule has 1 heterocycles. The zero-order chi connectivity index (χ0) is 17.1. The van der Waals surface area contributed by atoms with Crippen LogP contribution in [0.5, 0.6) is 11.5 Å². The molecule has 5 nitrogen and oxygen atoms in total. The number of benzene rings is 2. The molecule has 1 aliphatic rings. The molecule has 1 aliphatic heterocycles. The Balaban J connectivity index is 0.00000225. The fourth-order valence-corrected chi connectivity index (χ4v) is 3.00. The Morgan fingerprint density at radius 3 is 2.84 bits per heavy atom. The zero-order valence-electron chi connectivity index (χ0n) is 13.8. The number of hydrogen-bond acceptors (Lipinski definition) is 4. The average molecular weight is 383 g/mol. The molecular weight excluding hydrogens is 363 g/mol. The van der Waals surface area contributed by atoms with Gasteiger partial charge in [0.15, 0.2) is 11.5 Å². The van der Waals surface area contributed by atoms with Crippen molar-refractivity contribution < 1.29 is 14.6 Å². The van der Waals surface area contributed by atoms with Crippen LogP contribution in [-0.4, -0.2) is 42.7 Å². The van der Waals surface area contributed by atoms with Crippen LogP contribution in [0.2, 0.25) is 5.02 Å². The number of fused-ring (bicyclic) bond motifs is 1. The van der Waals surface area contributed by atoms with Gasteiger partial charge in [-0.3, -0.25) is 4.79 Å². The van der Waals surface area contributed by atoms with Crippen molar-refractivity contribution in [3.05, 3.63) is 47.0 Å². The summed E-state index contributed by atoms with van der Waals surface area (Å²) in [7, 11) is 1.74. The molecule has 3 rings (SSSR count). The van der Waals surface area contributed by atoms with E-state index in [4.69, 9.17) is 16.3 Å². The van der Waals surface area contributed by atoms with E-state index in [1.165, 1.54) is 0 Å². The SMILES string of the molecule is CNCC(=O)N1CCOc2c(O)cc(-c3cccc(Cl)c3)cc2C1.Cl. The lowest BCUT2D eigenvalue weighted by atomic mass is 10.0. The fourth-order valence-electron chi connectivity index (χ4n) is 2.81. The van der Waals surface area contributed by atoms with E-state index in [0.717, 1.165) is 16.7 Å². The van der Waals surface area contributed by atoms with Gasteiger partial charge in [0.2, 0.25) is 5.91 Å². The molecule has 2 aromatic rings. The van der Waals surface area contributed by atoms with E-state index in [1.807, 2.05) is 24.3 Å². The lowest BCUT2D eigenvalue weighted by Crippen LogP contribution is -2.37. The highest BCUT2D eigenvalue weighted by molar-refractivity contribution is 6.30. The predicted molar refractivity (Wildman–Crippen MR) is 101 cm³/mol. The maximum atomic E-state index is 12.2. The summed E-state index contributed by atoms with van der Waals surface area (Å²) in [5, 5.41) is 13.8.